The Morgan fingerprint density at radius 3 is 2.47 bits per heavy atom. The SMILES string of the molecule is CC(C)C1(C(=O)O)CCN(C(=O)CCC2CCC2)C1. The summed E-state index contributed by atoms with van der Waals surface area (Å²) in [4.78, 5) is 25.4. The maximum absolute atomic E-state index is 12.2. The van der Waals surface area contributed by atoms with Gasteiger partial charge in [0, 0.05) is 19.5 Å². The molecular formula is C15H25NO3. The normalized spacial score (nSPS) is 27.6. The summed E-state index contributed by atoms with van der Waals surface area (Å²) in [5.74, 6) is 0.197. The number of hydrogen-bond acceptors (Lipinski definition) is 2. The molecule has 1 N–H and O–H groups in total. The Labute approximate surface area is 115 Å². The third-order valence-electron chi connectivity index (χ3n) is 5.18. The van der Waals surface area contributed by atoms with Crippen molar-refractivity contribution < 1.29 is 14.7 Å². The van der Waals surface area contributed by atoms with E-state index in [1.165, 1.54) is 19.3 Å². The number of likely N-dealkylation sites (tertiary alicyclic amines) is 1. The maximum atomic E-state index is 12.2. The van der Waals surface area contributed by atoms with Crippen molar-refractivity contribution in [2.45, 2.75) is 52.4 Å². The van der Waals surface area contributed by atoms with Gasteiger partial charge in [-0.25, -0.2) is 0 Å². The number of nitrogens with zero attached hydrogens (tertiary/aromatic N) is 1. The zero-order chi connectivity index (χ0) is 14.0. The van der Waals surface area contributed by atoms with Crippen LogP contribution in [0, 0.1) is 17.3 Å². The van der Waals surface area contributed by atoms with Crippen LogP contribution < -0.4 is 0 Å². The zero-order valence-electron chi connectivity index (χ0n) is 12.0. The Bertz CT molecular complexity index is 362. The van der Waals surface area contributed by atoms with Gasteiger partial charge in [-0.05, 0) is 24.7 Å². The van der Waals surface area contributed by atoms with Crippen molar-refractivity contribution >= 4 is 11.9 Å². The van der Waals surface area contributed by atoms with Crippen LogP contribution in [0.5, 0.6) is 0 Å². The lowest BCUT2D eigenvalue weighted by molar-refractivity contribution is -0.151. The summed E-state index contributed by atoms with van der Waals surface area (Å²) in [6, 6.07) is 0. The molecule has 1 saturated carbocycles. The molecule has 0 aromatic carbocycles. The monoisotopic (exact) mass is 267 g/mol. The van der Waals surface area contributed by atoms with Crippen LogP contribution in [-0.2, 0) is 9.59 Å². The molecule has 1 heterocycles. The van der Waals surface area contributed by atoms with Gasteiger partial charge >= 0.3 is 5.97 Å². The highest BCUT2D eigenvalue weighted by Gasteiger charge is 2.48. The van der Waals surface area contributed by atoms with E-state index in [2.05, 4.69) is 0 Å². The quantitative estimate of drug-likeness (QED) is 0.832. The molecule has 108 valence electrons. The lowest BCUT2D eigenvalue weighted by atomic mass is 9.76. The summed E-state index contributed by atoms with van der Waals surface area (Å²) in [7, 11) is 0. The van der Waals surface area contributed by atoms with E-state index in [1.54, 1.807) is 4.90 Å². The number of carboxylic acids is 1. The first-order valence-corrected chi connectivity index (χ1v) is 7.47. The number of carbonyl (C=O) groups excluding carboxylic acids is 1. The van der Waals surface area contributed by atoms with Crippen molar-refractivity contribution in [1.82, 2.24) is 4.90 Å². The van der Waals surface area contributed by atoms with Gasteiger partial charge in [0.1, 0.15) is 0 Å². The first kappa shape index (κ1) is 14.4. The molecule has 1 amide bonds. The van der Waals surface area contributed by atoms with Crippen LogP contribution >= 0.6 is 0 Å². The molecule has 0 radical (unpaired) electrons. The summed E-state index contributed by atoms with van der Waals surface area (Å²) in [5, 5.41) is 9.46. The fourth-order valence-corrected chi connectivity index (χ4v) is 3.21. The van der Waals surface area contributed by atoms with Gasteiger partial charge in [0.25, 0.3) is 0 Å². The van der Waals surface area contributed by atoms with E-state index >= 15 is 0 Å². The second-order valence-corrected chi connectivity index (χ2v) is 6.52. The summed E-state index contributed by atoms with van der Waals surface area (Å²) < 4.78 is 0. The van der Waals surface area contributed by atoms with Gasteiger partial charge in [0.15, 0.2) is 0 Å². The predicted molar refractivity (Wildman–Crippen MR) is 72.7 cm³/mol. The summed E-state index contributed by atoms with van der Waals surface area (Å²) in [6.07, 6.45) is 6.00. The van der Waals surface area contributed by atoms with Crippen LogP contribution in [-0.4, -0.2) is 35.0 Å². The molecule has 1 saturated heterocycles. The largest absolute Gasteiger partial charge is 0.481 e. The molecule has 2 fully saturated rings. The number of rotatable bonds is 5. The van der Waals surface area contributed by atoms with Crippen molar-refractivity contribution in [3.8, 4) is 0 Å². The Hall–Kier alpha value is -1.06. The molecule has 0 aromatic heterocycles. The molecule has 1 atom stereocenters. The highest BCUT2D eigenvalue weighted by atomic mass is 16.4. The minimum absolute atomic E-state index is 0.0643. The van der Waals surface area contributed by atoms with E-state index in [0.29, 0.717) is 25.9 Å². The number of carboxylic acid groups (broad SMARTS) is 1. The predicted octanol–water partition coefficient (Wildman–Crippen LogP) is 2.53. The van der Waals surface area contributed by atoms with Crippen molar-refractivity contribution in [1.29, 1.82) is 0 Å². The smallest absolute Gasteiger partial charge is 0.311 e. The first-order chi connectivity index (χ1) is 8.95. The van der Waals surface area contributed by atoms with Gasteiger partial charge in [-0.2, -0.15) is 0 Å². The minimum Gasteiger partial charge on any atom is -0.481 e. The number of amides is 1. The van der Waals surface area contributed by atoms with Gasteiger partial charge in [0.05, 0.1) is 5.41 Å². The molecular weight excluding hydrogens is 242 g/mol. The second-order valence-electron chi connectivity index (χ2n) is 6.52. The molecule has 4 nitrogen and oxygen atoms in total. The number of aliphatic carboxylic acids is 1. The molecule has 0 spiro atoms. The van der Waals surface area contributed by atoms with E-state index < -0.39 is 11.4 Å². The topological polar surface area (TPSA) is 57.6 Å². The molecule has 4 heteroatoms. The molecule has 19 heavy (non-hydrogen) atoms. The van der Waals surface area contributed by atoms with Crippen LogP contribution in [0.15, 0.2) is 0 Å². The Morgan fingerprint density at radius 2 is 2.05 bits per heavy atom. The van der Waals surface area contributed by atoms with Crippen LogP contribution in [0.2, 0.25) is 0 Å². The van der Waals surface area contributed by atoms with Crippen molar-refractivity contribution in [2.75, 3.05) is 13.1 Å². The summed E-state index contributed by atoms with van der Waals surface area (Å²) >= 11 is 0. The fourth-order valence-electron chi connectivity index (χ4n) is 3.21. The van der Waals surface area contributed by atoms with Crippen LogP contribution in [0.1, 0.15) is 52.4 Å². The van der Waals surface area contributed by atoms with Crippen LogP contribution in [0.3, 0.4) is 0 Å². The lowest BCUT2D eigenvalue weighted by Gasteiger charge is -2.29. The van der Waals surface area contributed by atoms with E-state index in [4.69, 9.17) is 0 Å². The first-order valence-electron chi connectivity index (χ1n) is 7.47. The van der Waals surface area contributed by atoms with E-state index in [0.717, 1.165) is 12.3 Å². The third kappa shape index (κ3) is 2.77. The molecule has 0 aromatic rings. The lowest BCUT2D eigenvalue weighted by Crippen LogP contribution is -2.40. The Morgan fingerprint density at radius 1 is 1.37 bits per heavy atom. The van der Waals surface area contributed by atoms with Gasteiger partial charge < -0.3 is 10.0 Å². The van der Waals surface area contributed by atoms with Crippen molar-refractivity contribution in [2.24, 2.45) is 17.3 Å². The van der Waals surface area contributed by atoms with Gasteiger partial charge in [-0.15, -0.1) is 0 Å². The average Bonchev–Trinajstić information content (AvgIpc) is 2.72. The Balaban J connectivity index is 1.88. The van der Waals surface area contributed by atoms with Crippen LogP contribution in [0.25, 0.3) is 0 Å². The number of hydrogen-bond donors (Lipinski definition) is 1. The van der Waals surface area contributed by atoms with Crippen molar-refractivity contribution in [3.05, 3.63) is 0 Å². The number of carbonyl (C=O) groups is 2. The van der Waals surface area contributed by atoms with E-state index in [9.17, 15) is 14.7 Å². The maximum Gasteiger partial charge on any atom is 0.311 e. The molecule has 1 unspecified atom stereocenters. The molecule has 2 aliphatic rings. The molecule has 2 rings (SSSR count). The van der Waals surface area contributed by atoms with Crippen LogP contribution in [0.4, 0.5) is 0 Å². The standard InChI is InChI=1S/C15H25NO3/c1-11(2)15(14(18)19)8-9-16(10-15)13(17)7-6-12-4-3-5-12/h11-12H,3-10H2,1-2H3,(H,18,19). The summed E-state index contributed by atoms with van der Waals surface area (Å²) in [5.41, 5.74) is -0.730. The molecule has 0 bridgehead atoms. The van der Waals surface area contributed by atoms with Gasteiger partial charge in [-0.1, -0.05) is 33.1 Å². The van der Waals surface area contributed by atoms with Crippen molar-refractivity contribution in [3.63, 3.8) is 0 Å². The minimum atomic E-state index is -0.753. The second kappa shape index (κ2) is 5.51. The van der Waals surface area contributed by atoms with Gasteiger partial charge in [-0.3, -0.25) is 9.59 Å². The zero-order valence-corrected chi connectivity index (χ0v) is 12.0. The average molecular weight is 267 g/mol. The van der Waals surface area contributed by atoms with E-state index in [1.807, 2.05) is 13.8 Å². The van der Waals surface area contributed by atoms with E-state index in [-0.39, 0.29) is 11.8 Å². The summed E-state index contributed by atoms with van der Waals surface area (Å²) in [6.45, 7) is 4.88. The molecule has 1 aliphatic carbocycles. The third-order valence-corrected chi connectivity index (χ3v) is 5.18. The highest BCUT2D eigenvalue weighted by molar-refractivity contribution is 5.80. The Kier molecular flexibility index (Phi) is 4.16. The van der Waals surface area contributed by atoms with Gasteiger partial charge in [0.2, 0.25) is 5.91 Å². The highest BCUT2D eigenvalue weighted by Crippen LogP contribution is 2.39. The molecule has 1 aliphatic heterocycles. The fraction of sp³-hybridized carbons (Fsp3) is 0.867.